The Hall–Kier alpha value is -3.39. The number of hydrogen-bond acceptors (Lipinski definition) is 2. The summed E-state index contributed by atoms with van der Waals surface area (Å²) in [5.74, 6) is 5.09. The first kappa shape index (κ1) is 15.5. The Morgan fingerprint density at radius 2 is 1.88 bits per heavy atom. The zero-order valence-corrected chi connectivity index (χ0v) is 12.7. The maximum atomic E-state index is 12.8. The third-order valence-electron chi connectivity index (χ3n) is 3.31. The van der Waals surface area contributed by atoms with Crippen LogP contribution in [0.5, 0.6) is 0 Å². The predicted octanol–water partition coefficient (Wildman–Crippen LogP) is 3.00. The normalized spacial score (nSPS) is 9.88. The van der Waals surface area contributed by atoms with E-state index >= 15 is 0 Å². The van der Waals surface area contributed by atoms with Gasteiger partial charge in [-0.1, -0.05) is 42.2 Å². The van der Waals surface area contributed by atoms with Gasteiger partial charge in [-0.05, 0) is 30.3 Å². The molecule has 0 aliphatic heterocycles. The van der Waals surface area contributed by atoms with Crippen LogP contribution in [0, 0.1) is 17.7 Å². The number of benzene rings is 2. The van der Waals surface area contributed by atoms with E-state index in [9.17, 15) is 9.18 Å². The van der Waals surface area contributed by atoms with Gasteiger partial charge in [0.2, 0.25) is 0 Å². The molecule has 0 unspecified atom stereocenters. The second-order valence-electron chi connectivity index (χ2n) is 5.02. The molecule has 0 saturated heterocycles. The smallest absolute Gasteiger partial charge is 0.270 e. The number of aromatic amines is 1. The van der Waals surface area contributed by atoms with E-state index in [-0.39, 0.29) is 18.3 Å². The number of amides is 1. The highest BCUT2D eigenvalue weighted by Gasteiger charge is 2.09. The number of halogens is 1. The Balaban J connectivity index is 1.58. The van der Waals surface area contributed by atoms with Gasteiger partial charge in [-0.2, -0.15) is 5.10 Å². The number of carbonyl (C=O) groups excluding carboxylic acids is 1. The van der Waals surface area contributed by atoms with Crippen molar-refractivity contribution in [2.75, 3.05) is 6.54 Å². The molecule has 3 rings (SSSR count). The summed E-state index contributed by atoms with van der Waals surface area (Å²) in [6.07, 6.45) is 0. The molecule has 0 aliphatic rings. The minimum absolute atomic E-state index is 0.190. The quantitative estimate of drug-likeness (QED) is 0.729. The highest BCUT2D eigenvalue weighted by Crippen LogP contribution is 2.16. The number of hydrogen-bond donors (Lipinski definition) is 2. The maximum absolute atomic E-state index is 12.8. The van der Waals surface area contributed by atoms with Crippen molar-refractivity contribution in [3.05, 3.63) is 77.7 Å². The molecule has 118 valence electrons. The molecule has 5 heteroatoms. The third-order valence-corrected chi connectivity index (χ3v) is 3.31. The van der Waals surface area contributed by atoms with Gasteiger partial charge in [0.1, 0.15) is 11.5 Å². The van der Waals surface area contributed by atoms with Crippen molar-refractivity contribution in [3.8, 4) is 23.1 Å². The van der Waals surface area contributed by atoms with Crippen LogP contribution in [-0.2, 0) is 0 Å². The first-order valence-electron chi connectivity index (χ1n) is 7.36. The summed E-state index contributed by atoms with van der Waals surface area (Å²) in [6, 6.07) is 17.1. The molecule has 1 aromatic heterocycles. The van der Waals surface area contributed by atoms with E-state index in [0.717, 1.165) is 5.56 Å². The van der Waals surface area contributed by atoms with Crippen molar-refractivity contribution in [2.24, 2.45) is 0 Å². The molecule has 0 saturated carbocycles. The Morgan fingerprint density at radius 3 is 2.62 bits per heavy atom. The summed E-state index contributed by atoms with van der Waals surface area (Å²) in [7, 11) is 0. The van der Waals surface area contributed by atoms with Crippen molar-refractivity contribution < 1.29 is 9.18 Å². The van der Waals surface area contributed by atoms with Crippen LogP contribution in [0.15, 0.2) is 60.7 Å². The van der Waals surface area contributed by atoms with Crippen LogP contribution in [0.3, 0.4) is 0 Å². The van der Waals surface area contributed by atoms with Crippen LogP contribution < -0.4 is 5.32 Å². The van der Waals surface area contributed by atoms with Gasteiger partial charge >= 0.3 is 0 Å². The first-order valence-corrected chi connectivity index (χ1v) is 7.36. The second kappa shape index (κ2) is 7.25. The summed E-state index contributed by atoms with van der Waals surface area (Å²) in [5.41, 5.74) is 2.71. The van der Waals surface area contributed by atoms with Crippen molar-refractivity contribution in [1.82, 2.24) is 15.5 Å². The summed E-state index contributed by atoms with van der Waals surface area (Å²) in [5, 5.41) is 9.54. The lowest BCUT2D eigenvalue weighted by Crippen LogP contribution is -2.23. The molecule has 2 N–H and O–H groups in total. The van der Waals surface area contributed by atoms with Crippen molar-refractivity contribution >= 4 is 5.91 Å². The molecule has 0 fully saturated rings. The number of nitrogens with one attached hydrogen (secondary N) is 2. The topological polar surface area (TPSA) is 57.8 Å². The molecule has 0 atom stereocenters. The molecule has 1 heterocycles. The average Bonchev–Trinajstić information content (AvgIpc) is 3.11. The van der Waals surface area contributed by atoms with E-state index in [0.29, 0.717) is 17.0 Å². The molecule has 1 amide bonds. The minimum atomic E-state index is -0.303. The van der Waals surface area contributed by atoms with E-state index in [1.807, 2.05) is 30.3 Å². The number of aromatic nitrogens is 2. The molecule has 0 bridgehead atoms. The summed E-state index contributed by atoms with van der Waals surface area (Å²) < 4.78 is 12.8. The molecule has 2 aromatic carbocycles. The van der Waals surface area contributed by atoms with E-state index in [4.69, 9.17) is 0 Å². The van der Waals surface area contributed by atoms with Crippen molar-refractivity contribution in [2.45, 2.75) is 0 Å². The zero-order chi connectivity index (χ0) is 16.8. The Labute approximate surface area is 138 Å². The highest BCUT2D eigenvalue weighted by molar-refractivity contribution is 5.93. The minimum Gasteiger partial charge on any atom is -0.340 e. The fraction of sp³-hybridized carbons (Fsp3) is 0.0526. The van der Waals surface area contributed by atoms with Gasteiger partial charge in [-0.25, -0.2) is 4.39 Å². The largest absolute Gasteiger partial charge is 0.340 e. The molecule has 0 spiro atoms. The monoisotopic (exact) mass is 319 g/mol. The fourth-order valence-corrected chi connectivity index (χ4v) is 2.09. The molecule has 24 heavy (non-hydrogen) atoms. The zero-order valence-electron chi connectivity index (χ0n) is 12.7. The first-order chi connectivity index (χ1) is 11.7. The van der Waals surface area contributed by atoms with Crippen LogP contribution in [0.25, 0.3) is 11.3 Å². The lowest BCUT2D eigenvalue weighted by molar-refractivity contribution is 0.0953. The summed E-state index contributed by atoms with van der Waals surface area (Å²) in [6.45, 7) is 0.190. The molecule has 0 radical (unpaired) electrons. The van der Waals surface area contributed by atoms with Gasteiger partial charge in [-0.3, -0.25) is 9.89 Å². The standard InChI is InChI=1S/C19H14FN3O/c20-16-10-8-14(9-11-16)5-4-12-21-19(24)18-13-17(22-23-18)15-6-2-1-3-7-15/h1-3,6-11,13H,12H2,(H,21,24)(H,22,23). The fourth-order valence-electron chi connectivity index (χ4n) is 2.09. The highest BCUT2D eigenvalue weighted by atomic mass is 19.1. The van der Waals surface area contributed by atoms with Crippen LogP contribution in [0.1, 0.15) is 16.1 Å². The van der Waals surface area contributed by atoms with Gasteiger partial charge in [-0.15, -0.1) is 0 Å². The second-order valence-corrected chi connectivity index (χ2v) is 5.02. The van der Waals surface area contributed by atoms with E-state index < -0.39 is 0 Å². The Bertz CT molecular complexity index is 890. The summed E-state index contributed by atoms with van der Waals surface area (Å²) in [4.78, 5) is 12.0. The Morgan fingerprint density at radius 1 is 1.12 bits per heavy atom. The van der Waals surface area contributed by atoms with Gasteiger partial charge in [0.15, 0.2) is 0 Å². The van der Waals surface area contributed by atoms with Crippen LogP contribution in [0.2, 0.25) is 0 Å². The van der Waals surface area contributed by atoms with Crippen LogP contribution >= 0.6 is 0 Å². The molecular formula is C19H14FN3O. The number of rotatable bonds is 3. The van der Waals surface area contributed by atoms with Gasteiger partial charge < -0.3 is 5.32 Å². The SMILES string of the molecule is O=C(NCC#Cc1ccc(F)cc1)c1cc(-c2ccccc2)n[nH]1. The third kappa shape index (κ3) is 3.87. The number of H-pyrrole nitrogens is 1. The predicted molar refractivity (Wildman–Crippen MR) is 89.6 cm³/mol. The summed E-state index contributed by atoms with van der Waals surface area (Å²) >= 11 is 0. The molecule has 4 nitrogen and oxygen atoms in total. The maximum Gasteiger partial charge on any atom is 0.270 e. The van der Waals surface area contributed by atoms with Gasteiger partial charge in [0.05, 0.1) is 12.2 Å². The van der Waals surface area contributed by atoms with E-state index in [1.165, 1.54) is 12.1 Å². The number of nitrogens with zero attached hydrogens (tertiary/aromatic N) is 1. The van der Waals surface area contributed by atoms with Crippen molar-refractivity contribution in [1.29, 1.82) is 0 Å². The number of carbonyl (C=O) groups is 1. The Kier molecular flexibility index (Phi) is 4.68. The van der Waals surface area contributed by atoms with Crippen LogP contribution in [0.4, 0.5) is 4.39 Å². The molecular weight excluding hydrogens is 305 g/mol. The van der Waals surface area contributed by atoms with E-state index in [1.54, 1.807) is 18.2 Å². The molecule has 0 aliphatic carbocycles. The molecule has 3 aromatic rings. The van der Waals surface area contributed by atoms with Gasteiger partial charge in [0, 0.05) is 11.1 Å². The lowest BCUT2D eigenvalue weighted by atomic mass is 10.1. The van der Waals surface area contributed by atoms with Gasteiger partial charge in [0.25, 0.3) is 5.91 Å². The van der Waals surface area contributed by atoms with E-state index in [2.05, 4.69) is 27.4 Å². The average molecular weight is 319 g/mol. The van der Waals surface area contributed by atoms with Crippen LogP contribution in [-0.4, -0.2) is 22.6 Å². The lowest BCUT2D eigenvalue weighted by Gasteiger charge is -1.97. The van der Waals surface area contributed by atoms with Crippen molar-refractivity contribution in [3.63, 3.8) is 0 Å².